The molecule has 0 aromatic heterocycles. The van der Waals surface area contributed by atoms with Crippen LogP contribution >= 0.6 is 12.2 Å². The van der Waals surface area contributed by atoms with Crippen LogP contribution in [-0.2, 0) is 19.1 Å². The minimum atomic E-state index is -0.472. The molecule has 2 amide bonds. The molecule has 2 rings (SSSR count). The van der Waals surface area contributed by atoms with Crippen molar-refractivity contribution >= 4 is 40.8 Å². The molecule has 1 saturated heterocycles. The van der Waals surface area contributed by atoms with Crippen molar-refractivity contribution in [3.05, 3.63) is 29.8 Å². The van der Waals surface area contributed by atoms with E-state index >= 15 is 0 Å². The van der Waals surface area contributed by atoms with Gasteiger partial charge in [-0.2, -0.15) is 0 Å². The Balaban J connectivity index is 1.96. The first-order valence-corrected chi connectivity index (χ1v) is 8.55. The first-order valence-electron chi connectivity index (χ1n) is 8.15. The van der Waals surface area contributed by atoms with Crippen LogP contribution in [0.3, 0.4) is 0 Å². The zero-order chi connectivity index (χ0) is 18.9. The summed E-state index contributed by atoms with van der Waals surface area (Å²) < 4.78 is 9.74. The third-order valence-electron chi connectivity index (χ3n) is 3.74. The van der Waals surface area contributed by atoms with Crippen LogP contribution in [0.1, 0.15) is 23.2 Å². The molecule has 0 spiro atoms. The van der Waals surface area contributed by atoms with Gasteiger partial charge in [0.2, 0.25) is 5.91 Å². The van der Waals surface area contributed by atoms with Gasteiger partial charge in [0, 0.05) is 19.5 Å². The summed E-state index contributed by atoms with van der Waals surface area (Å²) in [4.78, 5) is 37.2. The molecule has 1 heterocycles. The fourth-order valence-corrected chi connectivity index (χ4v) is 2.60. The molecule has 0 aliphatic carbocycles. The largest absolute Gasteiger partial charge is 0.469 e. The zero-order valence-corrected chi connectivity index (χ0v) is 15.3. The standard InChI is InChI=1S/C17H21N3O5S/c1-24-15(22)7-6-14(21)19-17(26)18-13-5-3-2-4-12(13)16(23)20-8-10-25-11-9-20/h2-5H,6-11H2,1H3,(H2,18,19,21,26). The maximum Gasteiger partial charge on any atom is 0.306 e. The van der Waals surface area contributed by atoms with E-state index in [9.17, 15) is 14.4 Å². The number of nitrogens with one attached hydrogen (secondary N) is 2. The fourth-order valence-electron chi connectivity index (χ4n) is 2.38. The minimum absolute atomic E-state index is 0.0307. The second-order valence-corrected chi connectivity index (χ2v) is 5.94. The monoisotopic (exact) mass is 379 g/mol. The summed E-state index contributed by atoms with van der Waals surface area (Å²) >= 11 is 5.12. The molecule has 9 heteroatoms. The number of amides is 2. The second kappa shape index (κ2) is 9.83. The number of ether oxygens (including phenoxy) is 2. The molecule has 0 radical (unpaired) electrons. The minimum Gasteiger partial charge on any atom is -0.469 e. The van der Waals surface area contributed by atoms with Crippen LogP contribution in [0.4, 0.5) is 5.69 Å². The van der Waals surface area contributed by atoms with E-state index < -0.39 is 11.9 Å². The zero-order valence-electron chi connectivity index (χ0n) is 14.4. The number of hydrogen-bond donors (Lipinski definition) is 2. The van der Waals surface area contributed by atoms with Crippen molar-refractivity contribution in [3.63, 3.8) is 0 Å². The lowest BCUT2D eigenvalue weighted by Crippen LogP contribution is -2.41. The van der Waals surface area contributed by atoms with Gasteiger partial charge in [-0.05, 0) is 24.4 Å². The van der Waals surface area contributed by atoms with E-state index in [2.05, 4.69) is 15.4 Å². The molecular weight excluding hydrogens is 358 g/mol. The van der Waals surface area contributed by atoms with Gasteiger partial charge in [0.15, 0.2) is 5.11 Å². The van der Waals surface area contributed by atoms with Crippen LogP contribution in [0, 0.1) is 0 Å². The predicted molar refractivity (Wildman–Crippen MR) is 98.8 cm³/mol. The highest BCUT2D eigenvalue weighted by Crippen LogP contribution is 2.18. The average molecular weight is 379 g/mol. The molecular formula is C17H21N3O5S. The molecule has 0 unspecified atom stereocenters. The van der Waals surface area contributed by atoms with E-state index in [1.165, 1.54) is 7.11 Å². The summed E-state index contributed by atoms with van der Waals surface area (Å²) in [6.45, 7) is 2.08. The lowest BCUT2D eigenvalue weighted by atomic mass is 10.1. The van der Waals surface area contributed by atoms with Gasteiger partial charge in [-0.3, -0.25) is 14.4 Å². The molecule has 1 aliphatic rings. The molecule has 1 fully saturated rings. The van der Waals surface area contributed by atoms with Crippen molar-refractivity contribution in [1.29, 1.82) is 0 Å². The molecule has 2 N–H and O–H groups in total. The van der Waals surface area contributed by atoms with Crippen LogP contribution in [-0.4, -0.2) is 61.2 Å². The van der Waals surface area contributed by atoms with Crippen molar-refractivity contribution in [2.75, 3.05) is 38.7 Å². The van der Waals surface area contributed by atoms with Gasteiger partial charge >= 0.3 is 5.97 Å². The summed E-state index contributed by atoms with van der Waals surface area (Å²) in [6, 6.07) is 6.93. The number of carbonyl (C=O) groups excluding carboxylic acids is 3. The predicted octanol–water partition coefficient (Wildman–Crippen LogP) is 0.925. The highest BCUT2D eigenvalue weighted by atomic mass is 32.1. The molecule has 140 valence electrons. The van der Waals surface area contributed by atoms with E-state index in [0.29, 0.717) is 37.6 Å². The van der Waals surface area contributed by atoms with Gasteiger partial charge in [0.05, 0.1) is 38.0 Å². The first-order chi connectivity index (χ1) is 12.5. The van der Waals surface area contributed by atoms with Gasteiger partial charge in [-0.15, -0.1) is 0 Å². The number of nitrogens with zero attached hydrogens (tertiary/aromatic N) is 1. The average Bonchev–Trinajstić information content (AvgIpc) is 2.66. The van der Waals surface area contributed by atoms with Gasteiger partial charge in [-0.25, -0.2) is 0 Å². The second-order valence-electron chi connectivity index (χ2n) is 5.53. The molecule has 1 aromatic rings. The first kappa shape index (κ1) is 19.8. The van der Waals surface area contributed by atoms with Gasteiger partial charge < -0.3 is 25.0 Å². The van der Waals surface area contributed by atoms with E-state index in [4.69, 9.17) is 17.0 Å². The molecule has 0 atom stereocenters. The number of rotatable bonds is 5. The van der Waals surface area contributed by atoms with Crippen LogP contribution in [0.15, 0.2) is 24.3 Å². The summed E-state index contributed by atoms with van der Waals surface area (Å²) in [5, 5.41) is 5.41. The van der Waals surface area contributed by atoms with Crippen LogP contribution in [0.2, 0.25) is 0 Å². The third kappa shape index (κ3) is 5.78. The topological polar surface area (TPSA) is 97.0 Å². The number of methoxy groups -OCH3 is 1. The SMILES string of the molecule is COC(=O)CCC(=O)NC(=S)Nc1ccccc1C(=O)N1CCOCC1. The number of anilines is 1. The summed E-state index contributed by atoms with van der Waals surface area (Å²) in [5.41, 5.74) is 0.961. The Morgan fingerprint density at radius 2 is 1.88 bits per heavy atom. The van der Waals surface area contributed by atoms with Crippen molar-refractivity contribution in [1.82, 2.24) is 10.2 Å². The number of carbonyl (C=O) groups is 3. The maximum absolute atomic E-state index is 12.7. The molecule has 26 heavy (non-hydrogen) atoms. The molecule has 0 bridgehead atoms. The van der Waals surface area contributed by atoms with E-state index in [-0.39, 0.29) is 23.9 Å². The van der Waals surface area contributed by atoms with E-state index in [1.807, 2.05) is 0 Å². The van der Waals surface area contributed by atoms with Gasteiger partial charge in [-0.1, -0.05) is 12.1 Å². The summed E-state index contributed by atoms with van der Waals surface area (Å²) in [7, 11) is 1.26. The molecule has 1 aromatic carbocycles. The van der Waals surface area contributed by atoms with Crippen LogP contribution in [0.25, 0.3) is 0 Å². The number of benzene rings is 1. The highest BCUT2D eigenvalue weighted by molar-refractivity contribution is 7.80. The smallest absolute Gasteiger partial charge is 0.306 e. The highest BCUT2D eigenvalue weighted by Gasteiger charge is 2.21. The molecule has 8 nitrogen and oxygen atoms in total. The summed E-state index contributed by atoms with van der Waals surface area (Å²) in [6.07, 6.45) is -0.0695. The van der Waals surface area contributed by atoms with Crippen LogP contribution < -0.4 is 10.6 Å². The Hall–Kier alpha value is -2.52. The van der Waals surface area contributed by atoms with E-state index in [1.54, 1.807) is 29.2 Å². The Bertz CT molecular complexity index is 689. The fraction of sp³-hybridized carbons (Fsp3) is 0.412. The number of esters is 1. The quantitative estimate of drug-likeness (QED) is 0.580. The molecule has 1 aliphatic heterocycles. The van der Waals surface area contributed by atoms with Crippen molar-refractivity contribution in [2.45, 2.75) is 12.8 Å². The third-order valence-corrected chi connectivity index (χ3v) is 3.94. The lowest BCUT2D eigenvalue weighted by Gasteiger charge is -2.27. The normalized spacial score (nSPS) is 13.7. The van der Waals surface area contributed by atoms with Crippen molar-refractivity contribution < 1.29 is 23.9 Å². The van der Waals surface area contributed by atoms with Crippen molar-refractivity contribution in [2.24, 2.45) is 0 Å². The van der Waals surface area contributed by atoms with Crippen molar-refractivity contribution in [3.8, 4) is 0 Å². The summed E-state index contributed by atoms with van der Waals surface area (Å²) in [5.74, 6) is -1.01. The van der Waals surface area contributed by atoms with Gasteiger partial charge in [0.25, 0.3) is 5.91 Å². The number of thiocarbonyl (C=S) groups is 1. The van der Waals surface area contributed by atoms with E-state index in [0.717, 1.165) is 0 Å². The number of morpholine rings is 1. The Morgan fingerprint density at radius 1 is 1.19 bits per heavy atom. The molecule has 0 saturated carbocycles. The van der Waals surface area contributed by atoms with Crippen LogP contribution in [0.5, 0.6) is 0 Å². The lowest BCUT2D eigenvalue weighted by molar-refractivity contribution is -0.142. The Morgan fingerprint density at radius 3 is 2.58 bits per heavy atom. The maximum atomic E-state index is 12.7. The Kier molecular flexibility index (Phi) is 7.49. The van der Waals surface area contributed by atoms with Gasteiger partial charge in [0.1, 0.15) is 0 Å². The number of para-hydroxylation sites is 1. The number of hydrogen-bond acceptors (Lipinski definition) is 6. The Labute approximate surface area is 156 Å².